The third-order valence-electron chi connectivity index (χ3n) is 4.07. The molecule has 5 N–H and O–H groups in total. The minimum absolute atomic E-state index is 0.0462. The van der Waals surface area contributed by atoms with Gasteiger partial charge in [-0.3, -0.25) is 9.42 Å². The molecule has 1 aliphatic rings. The second-order valence-corrected chi connectivity index (χ2v) is 8.09. The highest BCUT2D eigenvalue weighted by molar-refractivity contribution is 7.55. The number of ether oxygens (including phenoxy) is 1. The fraction of sp³-hybridized carbons (Fsp3) is 0.385. The molecular weight excluding hydrogens is 421 g/mol. The Labute approximate surface area is 157 Å². The lowest BCUT2D eigenvalue weighted by molar-refractivity contribution is -0.0872. The quantitative estimate of drug-likeness (QED) is 0.368. The molecule has 0 amide bonds. The minimum atomic E-state index is -4.94. The Kier molecular flexibility index (Phi) is 5.51. The van der Waals surface area contributed by atoms with Crippen molar-refractivity contribution in [1.82, 2.24) is 14.5 Å². The molecule has 2 aromatic rings. The maximum atomic E-state index is 14.2. The van der Waals surface area contributed by atoms with Crippen molar-refractivity contribution in [3.63, 3.8) is 0 Å². The van der Waals surface area contributed by atoms with Gasteiger partial charge in [0.1, 0.15) is 31.1 Å². The molecule has 1 saturated heterocycles. The lowest BCUT2D eigenvalue weighted by atomic mass is 9.99. The molecule has 28 heavy (non-hydrogen) atoms. The van der Waals surface area contributed by atoms with Crippen LogP contribution in [0.1, 0.15) is 12.6 Å². The number of fused-ring (bicyclic) bond motifs is 1. The summed E-state index contributed by atoms with van der Waals surface area (Å²) in [5, 5.41) is 10.3. The van der Waals surface area contributed by atoms with Crippen LogP contribution < -0.4 is 5.73 Å². The molecule has 0 saturated carbocycles. The third kappa shape index (κ3) is 3.77. The summed E-state index contributed by atoms with van der Waals surface area (Å²) >= 11 is 0. The predicted molar refractivity (Wildman–Crippen MR) is 90.9 cm³/mol. The van der Waals surface area contributed by atoms with Crippen molar-refractivity contribution in [3.8, 4) is 12.3 Å². The van der Waals surface area contributed by atoms with E-state index in [-0.39, 0.29) is 23.3 Å². The maximum absolute atomic E-state index is 14.2. The number of phosphoric ester groups is 1. The zero-order valence-corrected chi connectivity index (χ0v) is 15.7. The van der Waals surface area contributed by atoms with Gasteiger partial charge in [0.25, 0.3) is 0 Å². The molecule has 5 unspecified atom stereocenters. The van der Waals surface area contributed by atoms with Gasteiger partial charge in [-0.15, -0.1) is 11.3 Å². The first-order chi connectivity index (χ1) is 13.1. The van der Waals surface area contributed by atoms with E-state index in [0.29, 0.717) is 0 Å². The Morgan fingerprint density at radius 3 is 2.96 bits per heavy atom. The molecule has 0 aliphatic carbocycles. The van der Waals surface area contributed by atoms with Gasteiger partial charge >= 0.3 is 16.1 Å². The normalized spacial score (nSPS) is 27.5. The molecule has 150 valence electrons. The van der Waals surface area contributed by atoms with E-state index in [1.165, 1.54) is 4.57 Å². The lowest BCUT2D eigenvalue weighted by Gasteiger charge is -2.26. The minimum Gasteiger partial charge on any atom is -0.389 e. The smallest absolute Gasteiger partial charge is 0.389 e. The fourth-order valence-corrected chi connectivity index (χ4v) is 4.04. The molecule has 15 heteroatoms. The van der Waals surface area contributed by atoms with Crippen LogP contribution in [0.2, 0.25) is 0 Å². The van der Waals surface area contributed by atoms with Crippen LogP contribution in [0.3, 0.4) is 0 Å². The number of nitrogen functional groups attached to an aromatic ring is 1. The van der Waals surface area contributed by atoms with Gasteiger partial charge in [0.15, 0.2) is 17.1 Å². The van der Waals surface area contributed by atoms with Crippen LogP contribution in [-0.2, 0) is 22.7 Å². The Morgan fingerprint density at radius 1 is 1.61 bits per heavy atom. The largest absolute Gasteiger partial charge is 0.705 e. The van der Waals surface area contributed by atoms with Crippen molar-refractivity contribution in [2.24, 2.45) is 0 Å². The molecule has 3 heterocycles. The van der Waals surface area contributed by atoms with Crippen LogP contribution in [0.4, 0.5) is 10.2 Å². The lowest BCUT2D eigenvalue weighted by Crippen LogP contribution is -2.42. The molecule has 5 atom stereocenters. The summed E-state index contributed by atoms with van der Waals surface area (Å²) in [5.41, 5.74) is 3.82. The number of aliphatic hydroxyl groups is 1. The molecule has 1 aliphatic heterocycles. The number of hydrogen-bond donors (Lipinski definition) is 4. The van der Waals surface area contributed by atoms with Gasteiger partial charge in [-0.05, 0) is 4.31 Å². The first kappa shape index (κ1) is 20.7. The number of rotatable bonds is 6. The van der Waals surface area contributed by atoms with Gasteiger partial charge in [-0.25, -0.2) is 18.9 Å². The fourth-order valence-electron chi connectivity index (χ4n) is 2.79. The summed E-state index contributed by atoms with van der Waals surface area (Å²) in [6, 6.07) is 0. The average molecular weight is 435 g/mol. The van der Waals surface area contributed by atoms with Gasteiger partial charge in [0, 0.05) is 17.2 Å². The molecule has 0 spiro atoms. The van der Waals surface area contributed by atoms with E-state index in [4.69, 9.17) is 21.8 Å². The van der Waals surface area contributed by atoms with E-state index in [0.717, 1.165) is 12.5 Å². The van der Waals surface area contributed by atoms with E-state index >= 15 is 0 Å². The number of halogens is 1. The zero-order valence-electron chi connectivity index (χ0n) is 13.9. The number of hydrogen-bond acceptors (Lipinski definition) is 9. The molecule has 1 fully saturated rings. The summed E-state index contributed by atoms with van der Waals surface area (Å²) in [6.45, 7) is -0.850. The highest BCUT2D eigenvalue weighted by Crippen LogP contribution is 2.52. The van der Waals surface area contributed by atoms with Crippen LogP contribution in [0.25, 0.3) is 11.0 Å². The number of phosphoric acid groups is 1. The maximum Gasteiger partial charge on any atom is 0.705 e. The Morgan fingerprint density at radius 2 is 2.32 bits per heavy atom. The van der Waals surface area contributed by atoms with Gasteiger partial charge in [-0.2, -0.15) is 0 Å². The van der Waals surface area contributed by atoms with Crippen molar-refractivity contribution in [2.45, 2.75) is 24.4 Å². The van der Waals surface area contributed by atoms with Gasteiger partial charge in [0.2, 0.25) is 0 Å². The van der Waals surface area contributed by atoms with Crippen molar-refractivity contribution in [1.29, 1.82) is 0 Å². The molecule has 0 radical (unpaired) electrons. The number of nitrogens with zero attached hydrogens (tertiary/aromatic N) is 3. The van der Waals surface area contributed by atoms with Crippen molar-refractivity contribution in [3.05, 3.63) is 18.3 Å². The standard InChI is InChI=1S/C13H13FN4O8P2/c1-2-13(5-24-28(22,23)26-27(20)21)8(19)3-9(25-13)18-4-7(14)10-11(15)16-6-17-12(10)18/h1,4,6,8-9,19H,3,5H2,(H3-,15,16,17,20,21,22,23)/p+1. The topological polar surface area (TPSA) is 179 Å². The van der Waals surface area contributed by atoms with E-state index in [1.807, 2.05) is 0 Å². The molecule has 3 rings (SSSR count). The third-order valence-corrected chi connectivity index (χ3v) is 5.91. The van der Waals surface area contributed by atoms with Gasteiger partial charge in [-0.1, -0.05) is 5.92 Å². The SMILES string of the molecule is C#CC1(COP(=O)(O)O[P+](=O)O)OC(n2cc(F)c3c(N)ncnc32)CC1O. The van der Waals surface area contributed by atoms with Crippen LogP contribution in [0.15, 0.2) is 12.5 Å². The monoisotopic (exact) mass is 435 g/mol. The number of aliphatic hydroxyl groups excluding tert-OH is 1. The van der Waals surface area contributed by atoms with Crippen molar-refractivity contribution < 1.29 is 42.0 Å². The summed E-state index contributed by atoms with van der Waals surface area (Å²) in [5.74, 6) is 1.32. The second kappa shape index (κ2) is 7.44. The molecular formula is C13H14FN4O8P2+. The molecule has 12 nitrogen and oxygen atoms in total. The van der Waals surface area contributed by atoms with Gasteiger partial charge in [0.05, 0.1) is 5.39 Å². The number of nitrogens with two attached hydrogens (primary N) is 1. The Bertz CT molecular complexity index is 1030. The van der Waals surface area contributed by atoms with E-state index in [1.54, 1.807) is 0 Å². The van der Waals surface area contributed by atoms with Crippen LogP contribution in [0, 0.1) is 18.2 Å². The average Bonchev–Trinajstić information content (AvgIpc) is 3.11. The van der Waals surface area contributed by atoms with Crippen molar-refractivity contribution in [2.75, 3.05) is 12.3 Å². The molecule has 0 bridgehead atoms. The Hall–Kier alpha value is -2.00. The Balaban J connectivity index is 1.87. The molecule has 0 aromatic carbocycles. The summed E-state index contributed by atoms with van der Waals surface area (Å²) in [6.07, 6.45) is 5.00. The summed E-state index contributed by atoms with van der Waals surface area (Å²) in [7, 11) is -8.37. The van der Waals surface area contributed by atoms with Crippen LogP contribution in [-0.4, -0.2) is 47.7 Å². The van der Waals surface area contributed by atoms with E-state index < -0.39 is 46.4 Å². The predicted octanol–water partition coefficient (Wildman–Crippen LogP) is 0.588. The van der Waals surface area contributed by atoms with Crippen molar-refractivity contribution >= 4 is 32.9 Å². The highest BCUT2D eigenvalue weighted by Gasteiger charge is 2.50. The number of anilines is 1. The molecule has 2 aromatic heterocycles. The van der Waals surface area contributed by atoms with Crippen LogP contribution >= 0.6 is 16.1 Å². The first-order valence-electron chi connectivity index (χ1n) is 7.52. The van der Waals surface area contributed by atoms with E-state index in [2.05, 4.69) is 24.7 Å². The summed E-state index contributed by atoms with van der Waals surface area (Å²) < 4.78 is 51.7. The number of terminal acetylenes is 1. The first-order valence-corrected chi connectivity index (χ1v) is 10.1. The zero-order chi connectivity index (χ0) is 20.7. The van der Waals surface area contributed by atoms with Gasteiger partial charge < -0.3 is 20.1 Å². The van der Waals surface area contributed by atoms with Crippen LogP contribution in [0.5, 0.6) is 0 Å². The highest BCUT2D eigenvalue weighted by atomic mass is 31.2. The number of aromatic nitrogens is 3. The summed E-state index contributed by atoms with van der Waals surface area (Å²) in [4.78, 5) is 25.6. The van der Waals surface area contributed by atoms with E-state index in [9.17, 15) is 23.5 Å². The second-order valence-electron chi connectivity index (χ2n) is 5.76.